The number of benzene rings is 2. The van der Waals surface area contributed by atoms with Crippen LogP contribution in [0.25, 0.3) is 0 Å². The molecule has 1 saturated heterocycles. The van der Waals surface area contributed by atoms with Crippen LogP contribution in [0.2, 0.25) is 0 Å². The lowest BCUT2D eigenvalue weighted by Crippen LogP contribution is -2.59. The predicted molar refractivity (Wildman–Crippen MR) is 124 cm³/mol. The minimum Gasteiger partial charge on any atom is -0.456 e. The third kappa shape index (κ3) is 6.90. The monoisotopic (exact) mass is 472 g/mol. The lowest BCUT2D eigenvalue weighted by atomic mass is 10.00. The highest BCUT2D eigenvalue weighted by atomic mass is 32.2. The third-order valence-electron chi connectivity index (χ3n) is 5.13. The molecule has 0 saturated carbocycles. The maximum atomic E-state index is 13.0. The fraction of sp³-hybridized carbons (Fsp3) is 0.400. The molecule has 1 fully saturated rings. The molecule has 1 aliphatic rings. The van der Waals surface area contributed by atoms with Gasteiger partial charge in [0.2, 0.25) is 5.12 Å². The molecule has 1 aliphatic heterocycles. The van der Waals surface area contributed by atoms with E-state index in [1.807, 2.05) is 49.4 Å². The smallest absolute Gasteiger partial charge is 0.303 e. The highest BCUT2D eigenvalue weighted by Crippen LogP contribution is 2.35. The fourth-order valence-corrected chi connectivity index (χ4v) is 4.64. The summed E-state index contributed by atoms with van der Waals surface area (Å²) in [4.78, 5) is 36.6. The number of hydrogen-bond donors (Lipinski definition) is 0. The van der Waals surface area contributed by atoms with Crippen molar-refractivity contribution in [2.45, 2.75) is 64.2 Å². The van der Waals surface area contributed by atoms with Gasteiger partial charge in [0.15, 0.2) is 12.2 Å². The largest absolute Gasteiger partial charge is 0.456 e. The first-order valence-corrected chi connectivity index (χ1v) is 11.6. The molecule has 0 bridgehead atoms. The summed E-state index contributed by atoms with van der Waals surface area (Å²) < 4.78 is 23.2. The van der Waals surface area contributed by atoms with Gasteiger partial charge in [-0.2, -0.15) is 0 Å². The van der Waals surface area contributed by atoms with E-state index < -0.39 is 41.8 Å². The van der Waals surface area contributed by atoms with E-state index in [0.29, 0.717) is 5.56 Å². The molecule has 33 heavy (non-hydrogen) atoms. The topological polar surface area (TPSA) is 88.1 Å². The number of carbonyl (C=O) groups is 3. The summed E-state index contributed by atoms with van der Waals surface area (Å²) in [6.45, 7) is 6.41. The van der Waals surface area contributed by atoms with Crippen molar-refractivity contribution < 1.29 is 33.3 Å². The number of aryl methyl sites for hydroxylation is 1. The SMILES string of the molecule is CC(=O)OC1C(C)OC(SC(=O)c2ccc(C)cc2)C(OCc2ccccc2)C1OC(C)=O. The van der Waals surface area contributed by atoms with Crippen molar-refractivity contribution in [3.05, 3.63) is 71.3 Å². The first-order valence-electron chi connectivity index (χ1n) is 10.7. The maximum absolute atomic E-state index is 13.0. The van der Waals surface area contributed by atoms with Gasteiger partial charge in [0, 0.05) is 19.4 Å². The zero-order chi connectivity index (χ0) is 24.0. The molecule has 0 amide bonds. The highest BCUT2D eigenvalue weighted by Gasteiger charge is 2.50. The van der Waals surface area contributed by atoms with Gasteiger partial charge in [0.1, 0.15) is 11.5 Å². The van der Waals surface area contributed by atoms with Gasteiger partial charge >= 0.3 is 11.9 Å². The summed E-state index contributed by atoms with van der Waals surface area (Å²) in [7, 11) is 0. The second kappa shape index (κ2) is 11.4. The van der Waals surface area contributed by atoms with Crippen LogP contribution in [0.15, 0.2) is 54.6 Å². The average molecular weight is 473 g/mol. The van der Waals surface area contributed by atoms with Crippen molar-refractivity contribution in [2.24, 2.45) is 0 Å². The molecule has 7 nitrogen and oxygen atoms in total. The van der Waals surface area contributed by atoms with Crippen LogP contribution in [0.5, 0.6) is 0 Å². The Morgan fingerprint density at radius 3 is 2.09 bits per heavy atom. The Labute approximate surface area is 197 Å². The predicted octanol–water partition coefficient (Wildman–Crippen LogP) is 4.06. The minimum atomic E-state index is -0.942. The van der Waals surface area contributed by atoms with Gasteiger partial charge in [-0.05, 0) is 31.2 Å². The Hall–Kier alpha value is -2.68. The minimum absolute atomic E-state index is 0.198. The lowest BCUT2D eigenvalue weighted by Gasteiger charge is -2.43. The highest BCUT2D eigenvalue weighted by molar-refractivity contribution is 8.14. The molecular weight excluding hydrogens is 444 g/mol. The lowest BCUT2D eigenvalue weighted by molar-refractivity contribution is -0.232. The number of thioether (sulfide) groups is 1. The normalized spacial score (nSPS) is 24.7. The molecule has 2 aromatic rings. The second-order valence-electron chi connectivity index (χ2n) is 7.89. The molecule has 0 N–H and O–H groups in total. The van der Waals surface area contributed by atoms with Crippen LogP contribution in [0, 0.1) is 6.92 Å². The summed E-state index contributed by atoms with van der Waals surface area (Å²) in [5, 5.41) is -0.201. The molecule has 0 spiro atoms. The Balaban J connectivity index is 1.88. The average Bonchev–Trinajstić information content (AvgIpc) is 2.76. The van der Waals surface area contributed by atoms with Crippen LogP contribution < -0.4 is 0 Å². The summed E-state index contributed by atoms with van der Waals surface area (Å²) in [6.07, 6.45) is -3.30. The molecule has 176 valence electrons. The summed E-state index contributed by atoms with van der Waals surface area (Å²) >= 11 is 0.960. The second-order valence-corrected chi connectivity index (χ2v) is 8.96. The van der Waals surface area contributed by atoms with Crippen molar-refractivity contribution >= 4 is 28.8 Å². The summed E-state index contributed by atoms with van der Waals surface area (Å²) in [5.74, 6) is -1.08. The molecule has 1 heterocycles. The molecule has 0 aromatic heterocycles. The quantitative estimate of drug-likeness (QED) is 0.558. The molecule has 5 unspecified atom stereocenters. The number of rotatable bonds is 7. The molecular formula is C25H28O7S. The number of carbonyl (C=O) groups excluding carboxylic acids is 3. The molecule has 2 aromatic carbocycles. The Kier molecular flexibility index (Phi) is 8.66. The van der Waals surface area contributed by atoms with E-state index in [2.05, 4.69) is 0 Å². The first-order chi connectivity index (χ1) is 15.7. The van der Waals surface area contributed by atoms with E-state index in [0.717, 1.165) is 22.9 Å². The fourth-order valence-electron chi connectivity index (χ4n) is 3.55. The van der Waals surface area contributed by atoms with Crippen LogP contribution in [0.1, 0.15) is 42.3 Å². The number of ether oxygens (including phenoxy) is 4. The Morgan fingerprint density at radius 2 is 1.48 bits per heavy atom. The van der Waals surface area contributed by atoms with E-state index in [1.165, 1.54) is 13.8 Å². The van der Waals surface area contributed by atoms with Crippen LogP contribution in [-0.2, 0) is 35.1 Å². The van der Waals surface area contributed by atoms with E-state index >= 15 is 0 Å². The zero-order valence-corrected chi connectivity index (χ0v) is 19.9. The van der Waals surface area contributed by atoms with Crippen LogP contribution in [0.3, 0.4) is 0 Å². The molecule has 8 heteroatoms. The maximum Gasteiger partial charge on any atom is 0.303 e. The standard InChI is InChI=1S/C25H28O7S/c1-15-10-12-20(13-11-15)24(28)33-25-23(29-14-19-8-6-5-7-9-19)22(32-18(4)27)21(16(2)30-25)31-17(3)26/h5-13,16,21-23,25H,14H2,1-4H3. The molecule has 3 rings (SSSR count). The van der Waals surface area contributed by atoms with Crippen LogP contribution in [-0.4, -0.2) is 46.9 Å². The van der Waals surface area contributed by atoms with Crippen molar-refractivity contribution in [2.75, 3.05) is 0 Å². The van der Waals surface area contributed by atoms with Gasteiger partial charge < -0.3 is 18.9 Å². The van der Waals surface area contributed by atoms with E-state index in [4.69, 9.17) is 18.9 Å². The first kappa shape index (κ1) is 25.0. The van der Waals surface area contributed by atoms with Gasteiger partial charge in [-0.1, -0.05) is 60.2 Å². The van der Waals surface area contributed by atoms with Crippen molar-refractivity contribution in [1.29, 1.82) is 0 Å². The Morgan fingerprint density at radius 1 is 0.879 bits per heavy atom. The van der Waals surface area contributed by atoms with Gasteiger partial charge in [-0.3, -0.25) is 14.4 Å². The van der Waals surface area contributed by atoms with Gasteiger partial charge in [-0.15, -0.1) is 0 Å². The van der Waals surface area contributed by atoms with Crippen LogP contribution >= 0.6 is 11.8 Å². The Bertz CT molecular complexity index is 960. The van der Waals surface area contributed by atoms with E-state index in [1.54, 1.807) is 19.1 Å². The number of esters is 2. The number of hydrogen-bond acceptors (Lipinski definition) is 8. The van der Waals surface area contributed by atoms with Crippen molar-refractivity contribution in [3.8, 4) is 0 Å². The van der Waals surface area contributed by atoms with Crippen molar-refractivity contribution in [1.82, 2.24) is 0 Å². The van der Waals surface area contributed by atoms with Gasteiger partial charge in [0.05, 0.1) is 12.7 Å². The van der Waals surface area contributed by atoms with Gasteiger partial charge in [0.25, 0.3) is 0 Å². The molecule has 5 atom stereocenters. The van der Waals surface area contributed by atoms with Gasteiger partial charge in [-0.25, -0.2) is 0 Å². The van der Waals surface area contributed by atoms with Crippen LogP contribution in [0.4, 0.5) is 0 Å². The molecule has 0 aliphatic carbocycles. The molecule has 0 radical (unpaired) electrons. The van der Waals surface area contributed by atoms with E-state index in [9.17, 15) is 14.4 Å². The van der Waals surface area contributed by atoms with E-state index in [-0.39, 0.29) is 11.7 Å². The zero-order valence-electron chi connectivity index (χ0n) is 19.1. The summed E-state index contributed by atoms with van der Waals surface area (Å²) in [5.41, 5.74) is 1.68. The third-order valence-corrected chi connectivity index (χ3v) is 6.19. The summed E-state index contributed by atoms with van der Waals surface area (Å²) in [6, 6.07) is 16.7. The van der Waals surface area contributed by atoms with Crippen molar-refractivity contribution in [3.63, 3.8) is 0 Å².